The monoisotopic (exact) mass is 866 g/mol. The van der Waals surface area contributed by atoms with E-state index in [0.717, 1.165) is 79.7 Å². The summed E-state index contributed by atoms with van der Waals surface area (Å²) in [6, 6.07) is 6.41. The Bertz CT molecular complexity index is 1570. The van der Waals surface area contributed by atoms with Crippen molar-refractivity contribution in [1.82, 2.24) is 19.9 Å². The van der Waals surface area contributed by atoms with Crippen LogP contribution in [0.15, 0.2) is 18.2 Å². The highest BCUT2D eigenvalue weighted by atomic mass is 32.2. The summed E-state index contributed by atoms with van der Waals surface area (Å²) < 4.78 is 55.3. The van der Waals surface area contributed by atoms with Crippen LogP contribution < -0.4 is 10.6 Å². The van der Waals surface area contributed by atoms with E-state index in [1.807, 2.05) is 0 Å². The number of rotatable bonds is 37. The van der Waals surface area contributed by atoms with Gasteiger partial charge in [0, 0.05) is 56.6 Å². The second-order valence-corrected chi connectivity index (χ2v) is 14.9. The Morgan fingerprint density at radius 3 is 1.60 bits per heavy atom. The van der Waals surface area contributed by atoms with Crippen molar-refractivity contribution in [3.05, 3.63) is 24.0 Å². The van der Waals surface area contributed by atoms with Crippen molar-refractivity contribution in [2.75, 3.05) is 182 Å². The lowest BCUT2D eigenvalue weighted by molar-refractivity contribution is -0.112. The van der Waals surface area contributed by atoms with Crippen LogP contribution in [0.25, 0.3) is 21.9 Å². The predicted molar refractivity (Wildman–Crippen MR) is 234 cm³/mol. The minimum absolute atomic E-state index is 0.130. The van der Waals surface area contributed by atoms with Crippen LogP contribution in [0.3, 0.4) is 0 Å². The number of nitrogen functional groups attached to an aromatic ring is 1. The molecule has 0 saturated carbocycles. The van der Waals surface area contributed by atoms with Crippen molar-refractivity contribution < 1.29 is 52.2 Å². The molecule has 0 unspecified atom stereocenters. The number of piperazine rings is 1. The van der Waals surface area contributed by atoms with E-state index in [4.69, 9.17) is 58.1 Å². The number of hydrogen-bond donors (Lipinski definition) is 2. The second-order valence-electron chi connectivity index (χ2n) is 14.0. The van der Waals surface area contributed by atoms with E-state index < -0.39 is 0 Å². The molecule has 4 rings (SSSR count). The molecule has 1 aliphatic heterocycles. The van der Waals surface area contributed by atoms with Gasteiger partial charge in [-0.15, -0.1) is 0 Å². The van der Waals surface area contributed by atoms with Crippen LogP contribution in [0.5, 0.6) is 0 Å². The fourth-order valence-corrected chi connectivity index (χ4v) is 6.51. The number of anilines is 2. The predicted octanol–water partition coefficient (Wildman–Crippen LogP) is 3.60. The van der Waals surface area contributed by atoms with Gasteiger partial charge in [0.05, 0.1) is 138 Å². The number of unbranched alkanes of at least 4 members (excludes halogenated alkanes) is 1. The first kappa shape index (κ1) is 49.9. The number of fused-ring (bicyclic) bond motifs is 3. The molecule has 1 aliphatic rings. The van der Waals surface area contributed by atoms with Gasteiger partial charge in [0.25, 0.3) is 0 Å². The molecule has 3 heterocycles. The largest absolute Gasteiger partial charge is 0.382 e. The molecule has 17 nitrogen and oxygen atoms in total. The maximum atomic E-state index is 11.1. The number of ether oxygens (including phenoxy) is 10. The summed E-state index contributed by atoms with van der Waals surface area (Å²) in [6.45, 7) is 17.2. The average molecular weight is 867 g/mol. The van der Waals surface area contributed by atoms with Gasteiger partial charge in [-0.3, -0.25) is 9.69 Å². The Kier molecular flexibility index (Phi) is 26.7. The first-order chi connectivity index (χ1) is 29.6. The van der Waals surface area contributed by atoms with Gasteiger partial charge >= 0.3 is 0 Å². The fourth-order valence-electron chi connectivity index (χ4n) is 6.22. The number of nitrogens with one attached hydrogen (secondary N) is 1. The van der Waals surface area contributed by atoms with E-state index in [0.29, 0.717) is 144 Å². The summed E-state index contributed by atoms with van der Waals surface area (Å²) in [7, 11) is 0. The number of nitrogens with zero attached hydrogens (tertiary/aromatic N) is 4. The first-order valence-corrected chi connectivity index (χ1v) is 22.7. The van der Waals surface area contributed by atoms with Gasteiger partial charge in [-0.05, 0) is 30.9 Å². The van der Waals surface area contributed by atoms with E-state index in [1.165, 1.54) is 17.4 Å². The minimum atomic E-state index is 0.130. The molecule has 0 aliphatic carbocycles. The topological polar surface area (TPSA) is 183 Å². The molecule has 60 heavy (non-hydrogen) atoms. The Morgan fingerprint density at radius 2 is 1.13 bits per heavy atom. The highest BCUT2D eigenvalue weighted by Crippen LogP contribution is 2.30. The number of carbonyl (C=O) groups excluding carboxylic acids is 1. The number of nitrogens with two attached hydrogens (primary N) is 1. The van der Waals surface area contributed by atoms with Gasteiger partial charge < -0.3 is 63.0 Å². The molecule has 0 radical (unpaired) electrons. The number of H-pyrrole nitrogens is 1. The molecular formula is C42H70N6O11S. The van der Waals surface area contributed by atoms with Crippen molar-refractivity contribution >= 4 is 50.3 Å². The van der Waals surface area contributed by atoms with Crippen molar-refractivity contribution in [3.63, 3.8) is 0 Å². The maximum absolute atomic E-state index is 11.1. The molecule has 1 aromatic carbocycles. The van der Waals surface area contributed by atoms with Crippen LogP contribution in [-0.4, -0.2) is 196 Å². The standard InChI is InChI=1S/C42H70N6O11S/c1-3-4-5-38-45-40-36-34-35(6-7-37(36)44-42(43)41(40)46-38)48-11-9-47(10-12-48)13-15-51-17-19-53-21-23-55-25-27-57-29-31-59-33-32-58-30-28-56-26-24-54-22-20-52-18-16-50-14-8-39(49)60-2/h6-7,34H,3-5,8-33H2,1-2H3,(H2,43,44)(H,45,46). The normalized spacial score (nSPS) is 13.7. The zero-order chi connectivity index (χ0) is 42.3. The Balaban J connectivity index is 0.847. The van der Waals surface area contributed by atoms with Gasteiger partial charge in [-0.25, -0.2) is 9.97 Å². The van der Waals surface area contributed by atoms with Crippen molar-refractivity contribution in [2.45, 2.75) is 32.6 Å². The molecule has 0 atom stereocenters. The van der Waals surface area contributed by atoms with Gasteiger partial charge in [0.2, 0.25) is 0 Å². The highest BCUT2D eigenvalue weighted by molar-refractivity contribution is 8.13. The number of carbonyl (C=O) groups is 1. The van der Waals surface area contributed by atoms with Crippen LogP contribution in [0.1, 0.15) is 32.0 Å². The highest BCUT2D eigenvalue weighted by Gasteiger charge is 2.19. The summed E-state index contributed by atoms with van der Waals surface area (Å²) in [5, 5.41) is 1.17. The van der Waals surface area contributed by atoms with Gasteiger partial charge in [0.1, 0.15) is 22.7 Å². The Labute approximate surface area is 359 Å². The van der Waals surface area contributed by atoms with Gasteiger partial charge in [0.15, 0.2) is 5.12 Å². The first-order valence-electron chi connectivity index (χ1n) is 21.5. The zero-order valence-corrected chi connectivity index (χ0v) is 36.8. The lowest BCUT2D eigenvalue weighted by Crippen LogP contribution is -2.47. The maximum Gasteiger partial charge on any atom is 0.190 e. The lowest BCUT2D eigenvalue weighted by Gasteiger charge is -2.36. The third-order valence-corrected chi connectivity index (χ3v) is 10.2. The molecule has 0 spiro atoms. The third-order valence-electron chi connectivity index (χ3n) is 9.57. The van der Waals surface area contributed by atoms with Crippen LogP contribution in [0.4, 0.5) is 11.5 Å². The molecule has 1 fully saturated rings. The van der Waals surface area contributed by atoms with Crippen molar-refractivity contribution in [1.29, 1.82) is 0 Å². The Hall–Kier alpha value is -2.72. The van der Waals surface area contributed by atoms with E-state index in [1.54, 1.807) is 6.26 Å². The summed E-state index contributed by atoms with van der Waals surface area (Å²) in [5.74, 6) is 1.48. The molecule has 0 bridgehead atoms. The summed E-state index contributed by atoms with van der Waals surface area (Å²) in [5.41, 5.74) is 10.1. The van der Waals surface area contributed by atoms with Crippen LogP contribution in [0.2, 0.25) is 0 Å². The summed E-state index contributed by atoms with van der Waals surface area (Å²) in [4.78, 5) is 29.0. The van der Waals surface area contributed by atoms with Gasteiger partial charge in [-0.1, -0.05) is 25.1 Å². The number of imidazole rings is 1. The zero-order valence-electron chi connectivity index (χ0n) is 36.0. The number of aromatic nitrogens is 3. The average Bonchev–Trinajstić information content (AvgIpc) is 3.71. The number of hydrogen-bond acceptors (Lipinski definition) is 17. The molecule has 18 heteroatoms. The molecule has 1 saturated heterocycles. The molecule has 3 N–H and O–H groups in total. The van der Waals surface area contributed by atoms with E-state index in [2.05, 4.69) is 44.9 Å². The van der Waals surface area contributed by atoms with Crippen molar-refractivity contribution in [2.24, 2.45) is 0 Å². The molecule has 2 aromatic heterocycles. The lowest BCUT2D eigenvalue weighted by atomic mass is 10.1. The molecule has 3 aromatic rings. The Morgan fingerprint density at radius 1 is 0.667 bits per heavy atom. The van der Waals surface area contributed by atoms with Crippen molar-refractivity contribution in [3.8, 4) is 0 Å². The minimum Gasteiger partial charge on any atom is -0.382 e. The van der Waals surface area contributed by atoms with E-state index in [-0.39, 0.29) is 5.12 Å². The third kappa shape index (κ3) is 20.4. The summed E-state index contributed by atoms with van der Waals surface area (Å²) in [6.07, 6.45) is 5.32. The van der Waals surface area contributed by atoms with Crippen LogP contribution in [0, 0.1) is 0 Å². The SMILES string of the molecule is CCCCc1nc2c([nH]1)c(N)nc1ccc(N3CCN(CCOCCOCCOCCOCCOCCOCCOCCOCCOCCOCCC(=O)SC)CC3)cc12. The number of aromatic amines is 1. The smallest absolute Gasteiger partial charge is 0.190 e. The van der Waals surface area contributed by atoms with E-state index in [9.17, 15) is 4.79 Å². The quantitative estimate of drug-likeness (QED) is 0.0801. The summed E-state index contributed by atoms with van der Waals surface area (Å²) >= 11 is 1.22. The van der Waals surface area contributed by atoms with E-state index >= 15 is 0 Å². The molecule has 340 valence electrons. The fraction of sp³-hybridized carbons (Fsp3) is 0.738. The second kappa shape index (κ2) is 32.0. The number of benzene rings is 1. The van der Waals surface area contributed by atoms with Crippen LogP contribution >= 0.6 is 11.8 Å². The molecular weight excluding hydrogens is 797 g/mol. The molecule has 0 amide bonds. The van der Waals surface area contributed by atoms with Gasteiger partial charge in [-0.2, -0.15) is 0 Å². The van der Waals surface area contributed by atoms with Crippen LogP contribution in [-0.2, 0) is 58.6 Å². The number of aryl methyl sites for hydroxylation is 1. The number of thioether (sulfide) groups is 1. The number of pyridine rings is 1.